The number of aromatic nitrogens is 4. The fourth-order valence-electron chi connectivity index (χ4n) is 6.15. The average Bonchev–Trinajstić information content (AvgIpc) is 3.13. The van der Waals surface area contributed by atoms with Crippen LogP contribution in [0, 0.1) is 11.6 Å². The highest BCUT2D eigenvalue weighted by molar-refractivity contribution is 5.85. The lowest BCUT2D eigenvalue weighted by molar-refractivity contribution is 0.581. The molecule has 14 heteroatoms. The van der Waals surface area contributed by atoms with Gasteiger partial charge in [0.25, 0.3) is 11.1 Å². The molecule has 0 radical (unpaired) electrons. The number of anilines is 2. The van der Waals surface area contributed by atoms with Crippen LogP contribution in [0.25, 0.3) is 33.4 Å². The van der Waals surface area contributed by atoms with E-state index in [1.54, 1.807) is 48.5 Å². The van der Waals surface area contributed by atoms with Gasteiger partial charge in [0, 0.05) is 52.4 Å². The summed E-state index contributed by atoms with van der Waals surface area (Å²) in [4.78, 5) is 39.2. The first kappa shape index (κ1) is 36.4. The lowest BCUT2D eigenvalue weighted by Crippen LogP contribution is -2.46. The van der Waals surface area contributed by atoms with Crippen molar-refractivity contribution >= 4 is 58.5 Å². The molecule has 0 amide bonds. The van der Waals surface area contributed by atoms with Crippen LogP contribution in [-0.4, -0.2) is 71.5 Å². The maximum Gasteiger partial charge on any atom is 0.298 e. The Kier molecular flexibility index (Phi) is 11.8. The third kappa shape index (κ3) is 7.19. The van der Waals surface area contributed by atoms with Gasteiger partial charge in [0.15, 0.2) is 11.6 Å². The molecule has 2 N–H and O–H groups in total. The Morgan fingerprint density at radius 2 is 0.840 bits per heavy atom. The van der Waals surface area contributed by atoms with Crippen molar-refractivity contribution in [3.8, 4) is 11.4 Å². The summed E-state index contributed by atoms with van der Waals surface area (Å²) >= 11 is 0. The summed E-state index contributed by atoms with van der Waals surface area (Å²) in [6, 6.07) is 27.3. The van der Waals surface area contributed by atoms with Crippen molar-refractivity contribution in [1.29, 1.82) is 0 Å². The molecule has 8 rings (SSSR count). The van der Waals surface area contributed by atoms with E-state index in [4.69, 9.17) is 0 Å². The number of nitrogens with one attached hydrogen (secondary N) is 2. The van der Waals surface area contributed by atoms with Crippen molar-refractivity contribution in [2.45, 2.75) is 0 Å². The average molecular weight is 722 g/mol. The highest BCUT2D eigenvalue weighted by Crippen LogP contribution is 2.22. The first-order valence-corrected chi connectivity index (χ1v) is 16.0. The zero-order valence-electron chi connectivity index (χ0n) is 27.0. The van der Waals surface area contributed by atoms with Crippen LogP contribution in [0.15, 0.2) is 107 Å². The molecule has 0 aliphatic carbocycles. The number of fused-ring (bicyclic) bond motifs is 2. The third-order valence-electron chi connectivity index (χ3n) is 8.51. The summed E-state index contributed by atoms with van der Waals surface area (Å²) in [5, 5.41) is 6.52. The summed E-state index contributed by atoms with van der Waals surface area (Å²) in [6.07, 6.45) is 0. The number of hydrogen-bond donors (Lipinski definition) is 2. The quantitative estimate of drug-likeness (QED) is 0.270. The molecule has 260 valence electrons. The molecule has 0 spiro atoms. The molecule has 4 aromatic carbocycles. The second-order valence-corrected chi connectivity index (χ2v) is 11.5. The number of halogens is 4. The van der Waals surface area contributed by atoms with E-state index in [0.717, 1.165) is 26.2 Å². The summed E-state index contributed by atoms with van der Waals surface area (Å²) in [7, 11) is 0. The van der Waals surface area contributed by atoms with Crippen LogP contribution >= 0.6 is 24.8 Å². The van der Waals surface area contributed by atoms with Crippen molar-refractivity contribution in [3.05, 3.63) is 129 Å². The third-order valence-corrected chi connectivity index (χ3v) is 8.51. The maximum absolute atomic E-state index is 14.4. The van der Waals surface area contributed by atoms with Gasteiger partial charge in [0.1, 0.15) is 11.6 Å². The molecule has 6 aromatic rings. The number of para-hydroxylation sites is 6. The van der Waals surface area contributed by atoms with Crippen molar-refractivity contribution in [2.75, 3.05) is 62.2 Å². The minimum atomic E-state index is -0.429. The van der Waals surface area contributed by atoms with E-state index < -0.39 is 11.6 Å². The molecule has 2 aromatic heterocycles. The Morgan fingerprint density at radius 1 is 0.500 bits per heavy atom. The Bertz CT molecular complexity index is 2060. The lowest BCUT2D eigenvalue weighted by Gasteiger charge is -2.28. The molecule has 2 aliphatic heterocycles. The van der Waals surface area contributed by atoms with Crippen LogP contribution in [-0.2, 0) is 0 Å². The molecule has 2 aliphatic rings. The summed E-state index contributed by atoms with van der Waals surface area (Å²) in [5.74, 6) is -0.110. The van der Waals surface area contributed by atoms with Gasteiger partial charge in [-0.05, 0) is 48.5 Å². The number of piperazine rings is 2. The Morgan fingerprint density at radius 3 is 1.22 bits per heavy atom. The van der Waals surface area contributed by atoms with Crippen molar-refractivity contribution in [1.82, 2.24) is 29.7 Å². The van der Waals surface area contributed by atoms with E-state index in [1.165, 1.54) is 21.3 Å². The van der Waals surface area contributed by atoms with Crippen molar-refractivity contribution in [2.24, 2.45) is 0 Å². The van der Waals surface area contributed by atoms with Gasteiger partial charge in [-0.1, -0.05) is 48.5 Å². The van der Waals surface area contributed by atoms with E-state index in [2.05, 4.69) is 20.6 Å². The van der Waals surface area contributed by atoms with Crippen LogP contribution in [0.3, 0.4) is 0 Å². The molecular weight excluding hydrogens is 685 g/mol. The highest BCUT2D eigenvalue weighted by Gasteiger charge is 2.22. The summed E-state index contributed by atoms with van der Waals surface area (Å²) < 4.78 is 31.6. The number of benzene rings is 4. The van der Waals surface area contributed by atoms with E-state index in [9.17, 15) is 18.4 Å². The molecule has 2 saturated heterocycles. The molecule has 10 nitrogen and oxygen atoms in total. The van der Waals surface area contributed by atoms with Gasteiger partial charge >= 0.3 is 0 Å². The second kappa shape index (κ2) is 16.2. The predicted octanol–water partition coefficient (Wildman–Crippen LogP) is 4.71. The molecule has 0 saturated carbocycles. The van der Waals surface area contributed by atoms with Crippen molar-refractivity contribution in [3.63, 3.8) is 0 Å². The highest BCUT2D eigenvalue weighted by atomic mass is 35.5. The zero-order chi connectivity index (χ0) is 33.0. The molecular formula is C36H36Cl2F2N8O2. The predicted molar refractivity (Wildman–Crippen MR) is 199 cm³/mol. The van der Waals surface area contributed by atoms with Crippen LogP contribution in [0.2, 0.25) is 0 Å². The zero-order valence-corrected chi connectivity index (χ0v) is 28.6. The Hall–Kier alpha value is -4.88. The monoisotopic (exact) mass is 720 g/mol. The summed E-state index contributed by atoms with van der Waals surface area (Å²) in [5.41, 5.74) is 2.47. The van der Waals surface area contributed by atoms with Crippen molar-refractivity contribution < 1.29 is 8.78 Å². The van der Waals surface area contributed by atoms with Gasteiger partial charge in [-0.3, -0.25) is 18.7 Å². The first-order valence-electron chi connectivity index (χ1n) is 16.0. The van der Waals surface area contributed by atoms with Gasteiger partial charge in [-0.25, -0.2) is 18.7 Å². The number of rotatable bonds is 4. The molecule has 2 fully saturated rings. The van der Waals surface area contributed by atoms with Crippen LogP contribution in [0.5, 0.6) is 0 Å². The minimum Gasteiger partial charge on any atom is -0.349 e. The topological polar surface area (TPSA) is 100 Å². The lowest BCUT2D eigenvalue weighted by atomic mass is 10.2. The molecule has 0 unspecified atom stereocenters. The van der Waals surface area contributed by atoms with E-state index >= 15 is 0 Å². The van der Waals surface area contributed by atoms with E-state index in [1.807, 2.05) is 46.2 Å². The maximum atomic E-state index is 14.4. The van der Waals surface area contributed by atoms with E-state index in [-0.39, 0.29) is 47.3 Å². The van der Waals surface area contributed by atoms with Gasteiger partial charge in [-0.2, -0.15) is 0 Å². The Labute approximate surface area is 299 Å². The number of nitrogens with zero attached hydrogens (tertiary/aromatic N) is 6. The van der Waals surface area contributed by atoms with E-state index in [0.29, 0.717) is 59.9 Å². The SMILES string of the molecule is Cl.Cl.O=c1c(N2CCNCC2)nc2ccccc2n1-c1ccccc1F.O=c1c(N2CCNCC2)nc2ccccc2n1-c1ccccc1F. The molecule has 0 bridgehead atoms. The smallest absolute Gasteiger partial charge is 0.298 e. The summed E-state index contributed by atoms with van der Waals surface area (Å²) in [6.45, 7) is 6.02. The normalized spacial score (nSPS) is 14.4. The Balaban J connectivity index is 0.000000187. The van der Waals surface area contributed by atoms with Crippen LogP contribution in [0.1, 0.15) is 0 Å². The second-order valence-electron chi connectivity index (χ2n) is 11.5. The van der Waals surface area contributed by atoms with Crippen LogP contribution < -0.4 is 31.6 Å². The molecule has 0 atom stereocenters. The largest absolute Gasteiger partial charge is 0.349 e. The first-order chi connectivity index (χ1) is 23.5. The molecule has 4 heterocycles. The fraction of sp³-hybridized carbons (Fsp3) is 0.222. The molecule has 50 heavy (non-hydrogen) atoms. The van der Waals surface area contributed by atoms with Gasteiger partial charge in [0.2, 0.25) is 0 Å². The standard InChI is InChI=1S/2C18H17FN4O.2ClH/c2*19-13-5-1-3-7-15(13)23-16-8-4-2-6-14(16)21-17(18(23)24)22-11-9-20-10-12-22;;/h2*1-8,20H,9-12H2;2*1H. The minimum absolute atomic E-state index is 0. The number of hydrogen-bond acceptors (Lipinski definition) is 8. The van der Waals surface area contributed by atoms with Gasteiger partial charge < -0.3 is 20.4 Å². The van der Waals surface area contributed by atoms with Gasteiger partial charge in [0.05, 0.1) is 33.4 Å². The fourth-order valence-corrected chi connectivity index (χ4v) is 6.15. The van der Waals surface area contributed by atoms with Gasteiger partial charge in [-0.15, -0.1) is 24.8 Å². The van der Waals surface area contributed by atoms with Crippen LogP contribution in [0.4, 0.5) is 20.4 Å².